The van der Waals surface area contributed by atoms with Crippen molar-refractivity contribution in [1.82, 2.24) is 0 Å². The fraction of sp³-hybridized carbons (Fsp3) is 0.636. The molecule has 0 aliphatic carbocycles. The van der Waals surface area contributed by atoms with Crippen LogP contribution in [0.5, 0.6) is 0 Å². The summed E-state index contributed by atoms with van der Waals surface area (Å²) in [5.74, 6) is 0. The van der Waals surface area contributed by atoms with Crippen molar-refractivity contribution in [1.29, 1.82) is 0 Å². The molecule has 0 amide bonds. The SMILES string of the molecule is C/C=C(/C)C(C)=C(C)C.CC. The molecule has 66 valence electrons. The molecule has 0 aromatic heterocycles. The first-order valence-corrected chi connectivity index (χ1v) is 4.37. The van der Waals surface area contributed by atoms with Crippen LogP contribution in [-0.2, 0) is 0 Å². The fourth-order valence-corrected chi connectivity index (χ4v) is 0.611. The van der Waals surface area contributed by atoms with E-state index in [0.717, 1.165) is 0 Å². The van der Waals surface area contributed by atoms with Gasteiger partial charge in [-0.15, -0.1) is 0 Å². The Kier molecular flexibility index (Phi) is 9.03. The van der Waals surface area contributed by atoms with Gasteiger partial charge < -0.3 is 0 Å². The quantitative estimate of drug-likeness (QED) is 0.493. The predicted molar refractivity (Wildman–Crippen MR) is 54.8 cm³/mol. The normalized spacial score (nSPS) is 9.91. The molecule has 0 atom stereocenters. The largest absolute Gasteiger partial charge is 0.0845 e. The molecule has 0 aromatic rings. The van der Waals surface area contributed by atoms with E-state index < -0.39 is 0 Å². The van der Waals surface area contributed by atoms with Gasteiger partial charge in [-0.2, -0.15) is 0 Å². The maximum Gasteiger partial charge on any atom is -0.0396 e. The molecule has 0 spiro atoms. The van der Waals surface area contributed by atoms with Crippen LogP contribution in [0.2, 0.25) is 0 Å². The second-order valence-electron chi connectivity index (χ2n) is 2.60. The zero-order valence-corrected chi connectivity index (χ0v) is 9.08. The average molecular weight is 154 g/mol. The van der Waals surface area contributed by atoms with Gasteiger partial charge >= 0.3 is 0 Å². The summed E-state index contributed by atoms with van der Waals surface area (Å²) in [4.78, 5) is 0. The molecule has 0 rings (SSSR count). The minimum Gasteiger partial charge on any atom is -0.0845 e. The summed E-state index contributed by atoms with van der Waals surface area (Å²) in [5, 5.41) is 0. The first kappa shape index (κ1) is 13.1. The highest BCUT2D eigenvalue weighted by molar-refractivity contribution is 5.29. The molecule has 0 aliphatic heterocycles. The van der Waals surface area contributed by atoms with E-state index >= 15 is 0 Å². The molecular weight excluding hydrogens is 132 g/mol. The maximum absolute atomic E-state index is 2.16. The van der Waals surface area contributed by atoms with Gasteiger partial charge in [-0.3, -0.25) is 0 Å². The third-order valence-corrected chi connectivity index (χ3v) is 1.77. The van der Waals surface area contributed by atoms with E-state index in [2.05, 4.69) is 40.7 Å². The standard InChI is InChI=1S/C9H16.C2H6/c1-6-8(4)9(5)7(2)3;1-2/h6H,1-5H3;1-2H3/b8-6-;. The van der Waals surface area contributed by atoms with Gasteiger partial charge in [-0.1, -0.05) is 31.1 Å². The summed E-state index contributed by atoms with van der Waals surface area (Å²) in [6.07, 6.45) is 2.14. The van der Waals surface area contributed by atoms with Crippen LogP contribution in [0.25, 0.3) is 0 Å². The van der Waals surface area contributed by atoms with Gasteiger partial charge in [0.2, 0.25) is 0 Å². The first-order chi connectivity index (χ1) is 5.09. The second kappa shape index (κ2) is 7.59. The van der Waals surface area contributed by atoms with Crippen molar-refractivity contribution in [3.05, 3.63) is 22.8 Å². The van der Waals surface area contributed by atoms with Crippen molar-refractivity contribution in [3.63, 3.8) is 0 Å². The van der Waals surface area contributed by atoms with Crippen molar-refractivity contribution >= 4 is 0 Å². The minimum absolute atomic E-state index is 1.38. The fourth-order valence-electron chi connectivity index (χ4n) is 0.611. The van der Waals surface area contributed by atoms with Crippen molar-refractivity contribution in [2.24, 2.45) is 0 Å². The highest BCUT2D eigenvalue weighted by atomic mass is 14.0. The Hall–Kier alpha value is -0.520. The number of hydrogen-bond donors (Lipinski definition) is 0. The van der Waals surface area contributed by atoms with Crippen molar-refractivity contribution in [2.45, 2.75) is 48.5 Å². The third-order valence-electron chi connectivity index (χ3n) is 1.77. The Labute approximate surface area is 72.0 Å². The van der Waals surface area contributed by atoms with Crippen LogP contribution < -0.4 is 0 Å². The lowest BCUT2D eigenvalue weighted by Gasteiger charge is -2.01. The van der Waals surface area contributed by atoms with Gasteiger partial charge in [0.15, 0.2) is 0 Å². The van der Waals surface area contributed by atoms with Gasteiger partial charge in [0.25, 0.3) is 0 Å². The van der Waals surface area contributed by atoms with Gasteiger partial charge in [-0.05, 0) is 40.2 Å². The van der Waals surface area contributed by atoms with Gasteiger partial charge in [0.05, 0.1) is 0 Å². The molecular formula is C11H22. The van der Waals surface area contributed by atoms with E-state index in [1.54, 1.807) is 0 Å². The minimum atomic E-state index is 1.38. The van der Waals surface area contributed by atoms with Crippen molar-refractivity contribution < 1.29 is 0 Å². The van der Waals surface area contributed by atoms with E-state index in [1.165, 1.54) is 16.7 Å². The summed E-state index contributed by atoms with van der Waals surface area (Å²) >= 11 is 0. The van der Waals surface area contributed by atoms with Crippen LogP contribution in [0, 0.1) is 0 Å². The van der Waals surface area contributed by atoms with Gasteiger partial charge in [0, 0.05) is 0 Å². The maximum atomic E-state index is 2.16. The van der Waals surface area contributed by atoms with Gasteiger partial charge in [-0.25, -0.2) is 0 Å². The van der Waals surface area contributed by atoms with Crippen molar-refractivity contribution in [3.8, 4) is 0 Å². The molecule has 0 bridgehead atoms. The van der Waals surface area contributed by atoms with Crippen molar-refractivity contribution in [2.75, 3.05) is 0 Å². The van der Waals surface area contributed by atoms with Crippen LogP contribution in [0.4, 0.5) is 0 Å². The van der Waals surface area contributed by atoms with E-state index in [1.807, 2.05) is 13.8 Å². The first-order valence-electron chi connectivity index (χ1n) is 4.37. The number of rotatable bonds is 1. The molecule has 0 aromatic carbocycles. The highest BCUT2D eigenvalue weighted by Crippen LogP contribution is 2.11. The van der Waals surface area contributed by atoms with E-state index in [4.69, 9.17) is 0 Å². The highest BCUT2D eigenvalue weighted by Gasteiger charge is 1.91. The summed E-state index contributed by atoms with van der Waals surface area (Å²) < 4.78 is 0. The monoisotopic (exact) mass is 154 g/mol. The molecule has 0 unspecified atom stereocenters. The van der Waals surface area contributed by atoms with E-state index in [0.29, 0.717) is 0 Å². The Bertz CT molecular complexity index is 143. The molecule has 0 heteroatoms. The van der Waals surface area contributed by atoms with Crippen LogP contribution in [0.3, 0.4) is 0 Å². The smallest absolute Gasteiger partial charge is 0.0396 e. The number of hydrogen-bond acceptors (Lipinski definition) is 0. The molecule has 0 saturated carbocycles. The molecule has 0 fully saturated rings. The molecule has 0 radical (unpaired) electrons. The molecule has 0 saturated heterocycles. The van der Waals surface area contributed by atoms with Crippen LogP contribution >= 0.6 is 0 Å². The van der Waals surface area contributed by atoms with Crippen LogP contribution in [-0.4, -0.2) is 0 Å². The Morgan fingerprint density at radius 3 is 1.36 bits per heavy atom. The number of allylic oxidation sites excluding steroid dienone is 4. The Morgan fingerprint density at radius 2 is 1.27 bits per heavy atom. The van der Waals surface area contributed by atoms with E-state index in [-0.39, 0.29) is 0 Å². The topological polar surface area (TPSA) is 0 Å². The van der Waals surface area contributed by atoms with Crippen LogP contribution in [0.15, 0.2) is 22.8 Å². The zero-order valence-electron chi connectivity index (χ0n) is 9.08. The average Bonchev–Trinajstić information content (AvgIpc) is 2.05. The molecule has 11 heavy (non-hydrogen) atoms. The lowest BCUT2D eigenvalue weighted by molar-refractivity contribution is 1.22. The summed E-state index contributed by atoms with van der Waals surface area (Å²) in [6, 6.07) is 0. The lowest BCUT2D eigenvalue weighted by Crippen LogP contribution is -1.80. The molecule has 0 heterocycles. The third kappa shape index (κ3) is 5.90. The second-order valence-corrected chi connectivity index (χ2v) is 2.60. The Balaban J connectivity index is 0. The zero-order chi connectivity index (χ0) is 9.44. The molecule has 0 nitrogen and oxygen atoms in total. The summed E-state index contributed by atoms with van der Waals surface area (Å²) in [7, 11) is 0. The molecule has 0 aliphatic rings. The van der Waals surface area contributed by atoms with E-state index in [9.17, 15) is 0 Å². The van der Waals surface area contributed by atoms with Gasteiger partial charge in [0.1, 0.15) is 0 Å². The molecule has 0 N–H and O–H groups in total. The summed E-state index contributed by atoms with van der Waals surface area (Å²) in [5.41, 5.74) is 4.21. The Morgan fingerprint density at radius 1 is 0.909 bits per heavy atom. The lowest BCUT2D eigenvalue weighted by atomic mass is 10.1. The predicted octanol–water partition coefficient (Wildman–Crippen LogP) is 4.34. The van der Waals surface area contributed by atoms with Crippen LogP contribution in [0.1, 0.15) is 48.5 Å². The summed E-state index contributed by atoms with van der Waals surface area (Å²) in [6.45, 7) is 14.7.